The number of nitrogens with one attached hydrogen (secondary N) is 3. The van der Waals surface area contributed by atoms with Gasteiger partial charge in [0, 0.05) is 32.5 Å². The predicted molar refractivity (Wildman–Crippen MR) is 195 cm³/mol. The summed E-state index contributed by atoms with van der Waals surface area (Å²) in [5.74, 6) is -2.24. The van der Waals surface area contributed by atoms with E-state index >= 15 is 0 Å². The van der Waals surface area contributed by atoms with Crippen molar-refractivity contribution in [3.8, 4) is 11.6 Å². The van der Waals surface area contributed by atoms with Gasteiger partial charge in [-0.25, -0.2) is 22.6 Å². The maximum atomic E-state index is 14.4. The van der Waals surface area contributed by atoms with Crippen molar-refractivity contribution in [3.63, 3.8) is 0 Å². The Bertz CT molecular complexity index is 1960. The van der Waals surface area contributed by atoms with E-state index in [-0.39, 0.29) is 44.0 Å². The molecule has 1 aromatic heterocycles. The van der Waals surface area contributed by atoms with Gasteiger partial charge >= 0.3 is 6.09 Å². The van der Waals surface area contributed by atoms with Gasteiger partial charge in [0.1, 0.15) is 40.9 Å². The van der Waals surface area contributed by atoms with E-state index < -0.39 is 80.8 Å². The number of rotatable bonds is 9. The second-order valence-corrected chi connectivity index (χ2v) is 17.4. The number of methoxy groups -OCH3 is 1. The number of anilines is 1. The van der Waals surface area contributed by atoms with Gasteiger partial charge in [0.2, 0.25) is 33.7 Å². The van der Waals surface area contributed by atoms with Gasteiger partial charge in [-0.2, -0.15) is 4.98 Å². The van der Waals surface area contributed by atoms with Crippen LogP contribution in [0.2, 0.25) is 0 Å². The third-order valence-electron chi connectivity index (χ3n) is 11.1. The Morgan fingerprint density at radius 3 is 2.56 bits per heavy atom. The van der Waals surface area contributed by atoms with E-state index in [1.54, 1.807) is 50.2 Å². The van der Waals surface area contributed by atoms with E-state index in [1.807, 2.05) is 13.0 Å². The van der Waals surface area contributed by atoms with Gasteiger partial charge in [0.15, 0.2) is 0 Å². The maximum Gasteiger partial charge on any atom is 0.405 e. The molecule has 54 heavy (non-hydrogen) atoms. The van der Waals surface area contributed by atoms with Gasteiger partial charge in [-0.05, 0) is 62.5 Å². The van der Waals surface area contributed by atoms with Gasteiger partial charge in [0.25, 0.3) is 5.91 Å². The van der Waals surface area contributed by atoms with Gasteiger partial charge in [0.05, 0.1) is 24.6 Å². The molecule has 4 N–H and O–H groups in total. The highest BCUT2D eigenvalue weighted by Crippen LogP contribution is 2.48. The first-order valence-corrected chi connectivity index (χ1v) is 19.6. The van der Waals surface area contributed by atoms with E-state index in [2.05, 4.69) is 25.3 Å². The zero-order valence-electron chi connectivity index (χ0n) is 31.0. The molecule has 2 aliphatic heterocycles. The number of allylic oxidation sites excluding steroid dienone is 1. The molecule has 2 aliphatic carbocycles. The van der Waals surface area contributed by atoms with Crippen LogP contribution in [0.25, 0.3) is 10.9 Å². The van der Waals surface area contributed by atoms with Crippen LogP contribution in [-0.2, 0) is 24.4 Å². The summed E-state index contributed by atoms with van der Waals surface area (Å²) in [6, 6.07) is 2.72. The van der Waals surface area contributed by atoms with E-state index in [9.17, 15) is 37.1 Å². The third-order valence-corrected chi connectivity index (χ3v) is 13.2. The first kappa shape index (κ1) is 39.0. The summed E-state index contributed by atoms with van der Waals surface area (Å²) in [6.07, 6.45) is 3.38. The molecule has 16 nitrogen and oxygen atoms in total. The van der Waals surface area contributed by atoms with Gasteiger partial charge in [-0.15, -0.1) is 0 Å². The molecule has 3 fully saturated rings. The number of hydrogen-bond donors (Lipinski definition) is 4. The third kappa shape index (κ3) is 7.61. The zero-order chi connectivity index (χ0) is 39.2. The van der Waals surface area contributed by atoms with Crippen molar-refractivity contribution in [2.45, 2.75) is 87.3 Å². The zero-order valence-corrected chi connectivity index (χ0v) is 31.8. The molecular weight excluding hydrogens is 726 g/mol. The van der Waals surface area contributed by atoms with Crippen LogP contribution in [0.4, 0.5) is 15.1 Å². The number of amides is 4. The van der Waals surface area contributed by atoms with Crippen LogP contribution in [0.5, 0.6) is 11.6 Å². The summed E-state index contributed by atoms with van der Waals surface area (Å²) in [5.41, 5.74) is -1.16. The van der Waals surface area contributed by atoms with Crippen LogP contribution < -0.4 is 29.7 Å². The van der Waals surface area contributed by atoms with E-state index in [0.29, 0.717) is 41.9 Å². The normalized spacial score (nSPS) is 30.1. The average molecular weight is 774 g/mol. The Labute approximate surface area is 313 Å². The van der Waals surface area contributed by atoms with Crippen molar-refractivity contribution in [2.24, 2.45) is 17.8 Å². The van der Waals surface area contributed by atoms with Gasteiger partial charge in [-0.3, -0.25) is 19.1 Å². The van der Waals surface area contributed by atoms with Crippen molar-refractivity contribution < 1.29 is 46.6 Å². The average Bonchev–Trinajstić information content (AvgIpc) is 4.02. The molecule has 1 saturated heterocycles. The lowest BCUT2D eigenvalue weighted by atomic mass is 9.88. The lowest BCUT2D eigenvalue weighted by Gasteiger charge is -2.32. The topological polar surface area (TPSA) is 209 Å². The smallest absolute Gasteiger partial charge is 0.405 e. The molecule has 1 aromatic carbocycles. The quantitative estimate of drug-likeness (QED) is 0.271. The second kappa shape index (κ2) is 14.8. The number of halogens is 1. The molecule has 0 bridgehead atoms. The van der Waals surface area contributed by atoms with Crippen LogP contribution in [0.3, 0.4) is 0 Å². The number of aromatic nitrogens is 2. The van der Waals surface area contributed by atoms with Gasteiger partial charge in [-0.1, -0.05) is 26.0 Å². The summed E-state index contributed by atoms with van der Waals surface area (Å²) in [4.78, 5) is 66.8. The SMILES string of the molecule is COc1ccc2c(O[C@@H]3C[C@H]4C(=O)NC5(C(=O)NS(=O)(=O)C6(CF)CC6)CC5/C=C\CC[C@@H](C)C[C@@H](C)[C@H](NC(=O)O)C(=O)N4C3)nc(N(C)C)nc2c1. The summed E-state index contributed by atoms with van der Waals surface area (Å²) in [7, 11) is 0.656. The number of fused-ring (bicyclic) bond motifs is 3. The Morgan fingerprint density at radius 2 is 1.91 bits per heavy atom. The van der Waals surface area contributed by atoms with Crippen molar-refractivity contribution >= 4 is 50.7 Å². The Hall–Kier alpha value is -4.74. The highest BCUT2D eigenvalue weighted by Gasteiger charge is 2.64. The molecule has 3 heterocycles. The number of carbonyl (C=O) groups is 4. The monoisotopic (exact) mass is 773 g/mol. The first-order valence-electron chi connectivity index (χ1n) is 18.1. The van der Waals surface area contributed by atoms with Crippen LogP contribution in [-0.4, -0.2) is 115 Å². The number of ether oxygens (including phenoxy) is 2. The lowest BCUT2D eigenvalue weighted by molar-refractivity contribution is -0.142. The molecule has 6 rings (SSSR count). The Kier molecular flexibility index (Phi) is 10.7. The number of benzene rings is 1. The number of alkyl halides is 1. The molecule has 18 heteroatoms. The minimum absolute atomic E-state index is 0.0669. The first-order chi connectivity index (χ1) is 25.5. The van der Waals surface area contributed by atoms with Gasteiger partial charge < -0.3 is 35.0 Å². The van der Waals surface area contributed by atoms with Crippen LogP contribution in [0.1, 0.15) is 58.8 Å². The number of hydrogen-bond acceptors (Lipinski definition) is 11. The molecule has 0 radical (unpaired) electrons. The molecule has 2 unspecified atom stereocenters. The van der Waals surface area contributed by atoms with E-state index in [0.717, 1.165) is 0 Å². The van der Waals surface area contributed by atoms with Crippen molar-refractivity contribution in [2.75, 3.05) is 39.3 Å². The van der Waals surface area contributed by atoms with Crippen molar-refractivity contribution in [3.05, 3.63) is 30.4 Å². The second-order valence-electron chi connectivity index (χ2n) is 15.4. The fourth-order valence-electron chi connectivity index (χ4n) is 7.53. The minimum atomic E-state index is -4.40. The number of sulfonamides is 1. The largest absolute Gasteiger partial charge is 0.497 e. The molecule has 4 aliphatic rings. The summed E-state index contributed by atoms with van der Waals surface area (Å²) in [6.45, 7) is 2.50. The van der Waals surface area contributed by atoms with E-state index in [1.165, 1.54) is 12.0 Å². The highest BCUT2D eigenvalue weighted by atomic mass is 32.2. The van der Waals surface area contributed by atoms with Crippen LogP contribution >= 0.6 is 0 Å². The maximum absolute atomic E-state index is 14.4. The van der Waals surface area contributed by atoms with Crippen molar-refractivity contribution in [1.29, 1.82) is 0 Å². The molecule has 2 saturated carbocycles. The van der Waals surface area contributed by atoms with Crippen LogP contribution in [0.15, 0.2) is 30.4 Å². The van der Waals surface area contributed by atoms with E-state index in [4.69, 9.17) is 9.47 Å². The molecule has 7 atom stereocenters. The Balaban J connectivity index is 1.36. The predicted octanol–water partition coefficient (Wildman–Crippen LogP) is 2.52. The molecule has 0 spiro atoms. The minimum Gasteiger partial charge on any atom is -0.497 e. The molecule has 294 valence electrons. The Morgan fingerprint density at radius 1 is 1.17 bits per heavy atom. The molecule has 2 aromatic rings. The molecular formula is C36H48FN7O9S. The molecule has 4 amide bonds. The summed E-state index contributed by atoms with van der Waals surface area (Å²) < 4.78 is 52.3. The lowest BCUT2D eigenvalue weighted by Crippen LogP contribution is -2.59. The summed E-state index contributed by atoms with van der Waals surface area (Å²) >= 11 is 0. The summed E-state index contributed by atoms with van der Waals surface area (Å²) in [5, 5.41) is 15.5. The standard InChI is InChI=1S/C36H48FN7O9S/c1-20-8-6-7-9-22-17-36(22,32(47)42-54(50,51)35(19-37)12-13-35)41-29(45)27-16-24(18-44(27)31(46)28(21(2)14-20)39-34(48)49)53-30-25-11-10-23(52-5)15-26(25)38-33(40-30)43(3)4/h7,9-11,15,20-22,24,27-28,39H,6,8,12-14,16-19H2,1-5H3,(H,41,45)(H,42,47)(H,48,49)/b9-7-/t20-,21-,22?,24-,27+,28+,36?/m1/s1. The fraction of sp³-hybridized carbons (Fsp3) is 0.611. The van der Waals surface area contributed by atoms with Crippen LogP contribution in [0, 0.1) is 17.8 Å². The fourth-order valence-corrected chi connectivity index (χ4v) is 8.95. The highest BCUT2D eigenvalue weighted by molar-refractivity contribution is 7.91. The number of carboxylic acid groups (broad SMARTS) is 1. The number of carbonyl (C=O) groups excluding carboxylic acids is 3. The number of nitrogens with zero attached hydrogens (tertiary/aromatic N) is 4. The van der Waals surface area contributed by atoms with Crippen molar-refractivity contribution in [1.82, 2.24) is 30.2 Å².